The first-order chi connectivity index (χ1) is 16.2. The van der Waals surface area contributed by atoms with Crippen LogP contribution < -0.4 is 10.6 Å². The molecule has 2 saturated carbocycles. The second-order valence-corrected chi connectivity index (χ2v) is 10.3. The third kappa shape index (κ3) is 3.66. The molecule has 1 aliphatic heterocycles. The van der Waals surface area contributed by atoms with Crippen LogP contribution in [0.4, 0.5) is 5.69 Å². The normalized spacial score (nSPS) is 29.2. The second kappa shape index (κ2) is 8.28. The van der Waals surface area contributed by atoms with Crippen LogP contribution in [0.15, 0.2) is 41.2 Å². The summed E-state index contributed by atoms with van der Waals surface area (Å²) in [4.78, 5) is 33.4. The number of fused-ring (bicyclic) bond motifs is 1. The lowest BCUT2D eigenvalue weighted by molar-refractivity contribution is -0.132. The highest BCUT2D eigenvalue weighted by molar-refractivity contribution is 5.98. The highest BCUT2D eigenvalue weighted by Crippen LogP contribution is 2.72. The van der Waals surface area contributed by atoms with Crippen molar-refractivity contribution in [3.63, 3.8) is 0 Å². The van der Waals surface area contributed by atoms with Crippen molar-refractivity contribution in [1.29, 1.82) is 0 Å². The van der Waals surface area contributed by atoms with Gasteiger partial charge in [-0.05, 0) is 87.5 Å². The number of oxazole rings is 1. The highest BCUT2D eigenvalue weighted by atomic mass is 16.3. The number of likely N-dealkylation sites (tertiary alicyclic amines) is 1. The Morgan fingerprint density at radius 3 is 2.58 bits per heavy atom. The fraction of sp³-hybridized carbons (Fsp3) is 0.577. The molecule has 2 amide bonds. The molecule has 2 aromatic rings. The van der Waals surface area contributed by atoms with E-state index < -0.39 is 0 Å². The molecule has 3 aliphatic carbocycles. The van der Waals surface area contributed by atoms with E-state index >= 15 is 0 Å². The van der Waals surface area contributed by atoms with Crippen molar-refractivity contribution in [2.24, 2.45) is 29.1 Å². The molecule has 3 fully saturated rings. The van der Waals surface area contributed by atoms with Crippen LogP contribution in [0, 0.1) is 29.1 Å². The number of aromatic nitrogens is 1. The molecule has 7 nitrogen and oxygen atoms in total. The summed E-state index contributed by atoms with van der Waals surface area (Å²) in [6.45, 7) is 4.24. The standard InChI is InChI=1S/C26H32N4O3/c31-24(27-11-1-2-12-30-13-3-4-14-30)22-18-6-7-19(26(18)9-10-26)23(22)25(32)29-17-5-8-20-21(15-17)33-16-28-20/h5-8,15-16,18-19,22-23H,1-4,9-14H2,(H,27,31)(H,29,32)/t18-,19+,22-,23-/m1/s1. The molecule has 2 N–H and O–H groups in total. The molecule has 174 valence electrons. The fourth-order valence-electron chi connectivity index (χ4n) is 6.66. The molecule has 4 aliphatic rings. The van der Waals surface area contributed by atoms with E-state index in [0.29, 0.717) is 17.8 Å². The molecule has 1 aromatic carbocycles. The number of benzene rings is 1. The van der Waals surface area contributed by atoms with Gasteiger partial charge in [0.1, 0.15) is 5.52 Å². The first kappa shape index (κ1) is 20.9. The van der Waals surface area contributed by atoms with Crippen LogP contribution in [-0.4, -0.2) is 47.9 Å². The van der Waals surface area contributed by atoms with Crippen molar-refractivity contribution in [3.05, 3.63) is 36.7 Å². The second-order valence-electron chi connectivity index (χ2n) is 10.3. The number of rotatable bonds is 8. The number of carbonyl (C=O) groups excluding carboxylic acids is 2. The van der Waals surface area contributed by atoms with Crippen LogP contribution in [0.1, 0.15) is 38.5 Å². The van der Waals surface area contributed by atoms with Crippen LogP contribution in [0.3, 0.4) is 0 Å². The summed E-state index contributed by atoms with van der Waals surface area (Å²) in [6.07, 6.45) is 12.7. The third-order valence-corrected chi connectivity index (χ3v) is 8.44. The van der Waals surface area contributed by atoms with E-state index in [9.17, 15) is 9.59 Å². The van der Waals surface area contributed by atoms with Gasteiger partial charge in [-0.15, -0.1) is 0 Å². The summed E-state index contributed by atoms with van der Waals surface area (Å²) in [5.41, 5.74) is 2.22. The third-order valence-electron chi connectivity index (χ3n) is 8.44. The van der Waals surface area contributed by atoms with Crippen molar-refractivity contribution in [2.45, 2.75) is 38.5 Å². The van der Waals surface area contributed by atoms with Crippen LogP contribution in [0.25, 0.3) is 11.1 Å². The Labute approximate surface area is 194 Å². The molecule has 2 bridgehead atoms. The Balaban J connectivity index is 1.11. The average Bonchev–Trinajstić information content (AvgIpc) is 3.16. The van der Waals surface area contributed by atoms with Gasteiger partial charge in [0.25, 0.3) is 0 Å². The number of hydrogen-bond acceptors (Lipinski definition) is 5. The number of amides is 2. The van der Waals surface area contributed by atoms with E-state index in [1.54, 1.807) is 6.07 Å². The summed E-state index contributed by atoms with van der Waals surface area (Å²) in [7, 11) is 0. The van der Waals surface area contributed by atoms with Gasteiger partial charge in [0.2, 0.25) is 11.8 Å². The Morgan fingerprint density at radius 1 is 1.06 bits per heavy atom. The number of allylic oxidation sites excluding steroid dienone is 2. The van der Waals surface area contributed by atoms with Crippen molar-refractivity contribution in [3.8, 4) is 0 Å². The number of nitrogens with one attached hydrogen (secondary N) is 2. The van der Waals surface area contributed by atoms with Gasteiger partial charge in [0.15, 0.2) is 12.0 Å². The minimum Gasteiger partial charge on any atom is -0.443 e. The molecule has 33 heavy (non-hydrogen) atoms. The van der Waals surface area contributed by atoms with Gasteiger partial charge in [0.05, 0.1) is 11.8 Å². The molecular formula is C26H32N4O3. The number of hydrogen-bond donors (Lipinski definition) is 2. The van der Waals surface area contributed by atoms with Crippen molar-refractivity contribution >= 4 is 28.6 Å². The van der Waals surface area contributed by atoms with Crippen molar-refractivity contribution < 1.29 is 14.0 Å². The first-order valence-corrected chi connectivity index (χ1v) is 12.5. The number of nitrogens with zero attached hydrogens (tertiary/aromatic N) is 2. The summed E-state index contributed by atoms with van der Waals surface area (Å²) in [6, 6.07) is 5.48. The smallest absolute Gasteiger partial charge is 0.228 e. The van der Waals surface area contributed by atoms with E-state index in [1.165, 1.54) is 32.3 Å². The SMILES string of the molecule is O=C(NCCCCN1CCCC1)[C@H]1[C@H](C(=O)Nc2ccc3ncoc3c2)[C@@H]2C=C[C@H]1C21CC1. The zero-order chi connectivity index (χ0) is 22.4. The van der Waals surface area contributed by atoms with Crippen molar-refractivity contribution in [1.82, 2.24) is 15.2 Å². The summed E-state index contributed by atoms with van der Waals surface area (Å²) in [5, 5.41) is 6.24. The van der Waals surface area contributed by atoms with E-state index in [4.69, 9.17) is 4.42 Å². The highest BCUT2D eigenvalue weighted by Gasteiger charge is 2.69. The molecule has 0 unspecified atom stereocenters. The van der Waals surface area contributed by atoms with E-state index in [-0.39, 0.29) is 40.9 Å². The van der Waals surface area contributed by atoms with Gasteiger partial charge in [-0.25, -0.2) is 4.98 Å². The van der Waals surface area contributed by atoms with E-state index in [0.717, 1.165) is 37.7 Å². The molecule has 1 spiro atoms. The Hall–Kier alpha value is -2.67. The zero-order valence-corrected chi connectivity index (χ0v) is 19.0. The zero-order valence-electron chi connectivity index (χ0n) is 19.0. The molecular weight excluding hydrogens is 416 g/mol. The maximum Gasteiger partial charge on any atom is 0.228 e. The van der Waals surface area contributed by atoms with Gasteiger partial charge >= 0.3 is 0 Å². The Bertz CT molecular complexity index is 1080. The van der Waals surface area contributed by atoms with Gasteiger partial charge in [-0.1, -0.05) is 12.2 Å². The number of anilines is 1. The number of carbonyl (C=O) groups is 2. The first-order valence-electron chi connectivity index (χ1n) is 12.5. The number of unbranched alkanes of at least 4 members (excludes halogenated alkanes) is 1. The lowest BCUT2D eigenvalue weighted by Crippen LogP contribution is -2.42. The molecule has 6 rings (SSSR count). The summed E-state index contributed by atoms with van der Waals surface area (Å²) >= 11 is 0. The monoisotopic (exact) mass is 448 g/mol. The lowest BCUT2D eigenvalue weighted by Gasteiger charge is -2.26. The molecule has 1 aromatic heterocycles. The minimum atomic E-state index is -0.322. The lowest BCUT2D eigenvalue weighted by atomic mass is 9.81. The minimum absolute atomic E-state index is 0.0464. The molecule has 4 atom stereocenters. The van der Waals surface area contributed by atoms with Crippen LogP contribution in [0.2, 0.25) is 0 Å². The van der Waals surface area contributed by atoms with Crippen LogP contribution in [-0.2, 0) is 9.59 Å². The summed E-state index contributed by atoms with van der Waals surface area (Å²) in [5.74, 6) is -0.286. The van der Waals surface area contributed by atoms with Gasteiger partial charge < -0.3 is 20.0 Å². The maximum atomic E-state index is 13.5. The average molecular weight is 449 g/mol. The molecule has 1 saturated heterocycles. The van der Waals surface area contributed by atoms with Gasteiger partial charge in [-0.3, -0.25) is 9.59 Å². The summed E-state index contributed by atoms with van der Waals surface area (Å²) < 4.78 is 5.37. The van der Waals surface area contributed by atoms with E-state index in [1.807, 2.05) is 12.1 Å². The Morgan fingerprint density at radius 2 is 1.82 bits per heavy atom. The van der Waals surface area contributed by atoms with Gasteiger partial charge in [0, 0.05) is 18.3 Å². The molecule has 0 radical (unpaired) electrons. The Kier molecular flexibility index (Phi) is 5.24. The predicted molar refractivity (Wildman–Crippen MR) is 125 cm³/mol. The van der Waals surface area contributed by atoms with Crippen LogP contribution >= 0.6 is 0 Å². The predicted octanol–water partition coefficient (Wildman–Crippen LogP) is 3.59. The quantitative estimate of drug-likeness (QED) is 0.476. The fourth-order valence-corrected chi connectivity index (χ4v) is 6.66. The van der Waals surface area contributed by atoms with E-state index in [2.05, 4.69) is 32.7 Å². The van der Waals surface area contributed by atoms with Crippen LogP contribution in [0.5, 0.6) is 0 Å². The molecule has 7 heteroatoms. The topological polar surface area (TPSA) is 87.5 Å². The molecule has 2 heterocycles. The van der Waals surface area contributed by atoms with Gasteiger partial charge in [-0.2, -0.15) is 0 Å². The van der Waals surface area contributed by atoms with Crippen molar-refractivity contribution in [2.75, 3.05) is 31.5 Å². The maximum absolute atomic E-state index is 13.5. The largest absolute Gasteiger partial charge is 0.443 e.